The number of nitrogens with zero attached hydrogens (tertiary/aromatic N) is 4. The average molecular weight is 510 g/mol. The summed E-state index contributed by atoms with van der Waals surface area (Å²) >= 11 is 0. The third-order valence-corrected chi connectivity index (χ3v) is 7.00. The van der Waals surface area contributed by atoms with Crippen LogP contribution in [0.1, 0.15) is 38.7 Å². The van der Waals surface area contributed by atoms with Gasteiger partial charge in [-0.2, -0.15) is 0 Å². The fourth-order valence-electron chi connectivity index (χ4n) is 4.71. The van der Waals surface area contributed by atoms with Crippen molar-refractivity contribution in [2.75, 3.05) is 39.1 Å². The minimum atomic E-state index is -0.358. The van der Waals surface area contributed by atoms with Crippen LogP contribution in [-0.2, 0) is 4.79 Å². The normalized spacial score (nSPS) is 16.1. The molecule has 0 spiro atoms. The van der Waals surface area contributed by atoms with Crippen molar-refractivity contribution in [3.8, 4) is 11.5 Å². The number of likely N-dealkylation sites (N-methyl/N-ethyl adjacent to an activating group) is 1. The lowest BCUT2D eigenvalue weighted by Gasteiger charge is -2.37. The molecular formula is C28H36FN5O3. The number of fused-ring (bicyclic) bond motifs is 1. The predicted octanol–water partition coefficient (Wildman–Crippen LogP) is 4.93. The lowest BCUT2D eigenvalue weighted by molar-refractivity contribution is -0.135. The lowest BCUT2D eigenvalue weighted by Crippen LogP contribution is -2.52. The molecule has 0 radical (unpaired) electrons. The van der Waals surface area contributed by atoms with Crippen molar-refractivity contribution in [3.63, 3.8) is 0 Å². The SMILES string of the molecule is CC[C@H](CC[C@@H](C)Oc1cc2c(Nc3cc(C)ccc3F)ncnc2cc1OC)N1CCN(C)C(=O)C1. The summed E-state index contributed by atoms with van der Waals surface area (Å²) in [6, 6.07) is 8.88. The van der Waals surface area contributed by atoms with Crippen LogP contribution >= 0.6 is 0 Å². The molecule has 2 heterocycles. The molecule has 9 heteroatoms. The molecule has 1 aromatic heterocycles. The number of carbonyl (C=O) groups is 1. The van der Waals surface area contributed by atoms with Gasteiger partial charge in [0.15, 0.2) is 11.5 Å². The fraction of sp³-hybridized carbons (Fsp3) is 0.464. The van der Waals surface area contributed by atoms with E-state index in [0.717, 1.165) is 37.9 Å². The Morgan fingerprint density at radius 2 is 1.95 bits per heavy atom. The van der Waals surface area contributed by atoms with Gasteiger partial charge >= 0.3 is 0 Å². The van der Waals surface area contributed by atoms with Crippen LogP contribution in [0.4, 0.5) is 15.9 Å². The van der Waals surface area contributed by atoms with Crippen LogP contribution in [0.15, 0.2) is 36.7 Å². The second kappa shape index (κ2) is 11.7. The van der Waals surface area contributed by atoms with Crippen LogP contribution in [0.3, 0.4) is 0 Å². The van der Waals surface area contributed by atoms with Crippen LogP contribution in [0, 0.1) is 12.7 Å². The zero-order valence-electron chi connectivity index (χ0n) is 22.3. The van der Waals surface area contributed by atoms with Crippen LogP contribution in [-0.4, -0.2) is 71.6 Å². The number of halogens is 1. The number of ether oxygens (including phenoxy) is 2. The quantitative estimate of drug-likeness (QED) is 0.415. The molecule has 198 valence electrons. The molecule has 1 amide bonds. The van der Waals surface area contributed by atoms with Gasteiger partial charge in [-0.3, -0.25) is 9.69 Å². The highest BCUT2D eigenvalue weighted by Crippen LogP contribution is 2.36. The Kier molecular flexibility index (Phi) is 8.43. The Hall–Kier alpha value is -3.46. The molecule has 0 unspecified atom stereocenters. The third-order valence-electron chi connectivity index (χ3n) is 7.00. The van der Waals surface area contributed by atoms with Gasteiger partial charge in [-0.25, -0.2) is 14.4 Å². The van der Waals surface area contributed by atoms with Crippen LogP contribution < -0.4 is 14.8 Å². The van der Waals surface area contributed by atoms with Gasteiger partial charge in [0.2, 0.25) is 5.91 Å². The third kappa shape index (κ3) is 6.28. The van der Waals surface area contributed by atoms with Crippen molar-refractivity contribution < 1.29 is 18.7 Å². The number of methoxy groups -OCH3 is 1. The summed E-state index contributed by atoms with van der Waals surface area (Å²) in [6.45, 7) is 8.24. The summed E-state index contributed by atoms with van der Waals surface area (Å²) in [6.07, 6.45) is 4.08. The van der Waals surface area contributed by atoms with E-state index in [1.54, 1.807) is 24.1 Å². The lowest BCUT2D eigenvalue weighted by atomic mass is 10.0. The van der Waals surface area contributed by atoms with Crippen molar-refractivity contribution in [2.45, 2.75) is 52.2 Å². The van der Waals surface area contributed by atoms with Gasteiger partial charge in [-0.1, -0.05) is 13.0 Å². The van der Waals surface area contributed by atoms with Crippen molar-refractivity contribution >= 4 is 28.3 Å². The summed E-state index contributed by atoms with van der Waals surface area (Å²) in [7, 11) is 3.45. The van der Waals surface area contributed by atoms with Gasteiger partial charge in [0.1, 0.15) is 18.0 Å². The molecule has 2 atom stereocenters. The number of carbonyl (C=O) groups excluding carboxylic acids is 1. The molecule has 8 nitrogen and oxygen atoms in total. The highest BCUT2D eigenvalue weighted by Gasteiger charge is 2.26. The first kappa shape index (κ1) is 26.6. The van der Waals surface area contributed by atoms with E-state index in [-0.39, 0.29) is 17.8 Å². The Bertz CT molecular complexity index is 1250. The van der Waals surface area contributed by atoms with Gasteiger partial charge in [-0.05, 0) is 56.9 Å². The number of anilines is 2. The number of benzene rings is 2. The molecule has 2 aromatic carbocycles. The van der Waals surface area contributed by atoms with E-state index >= 15 is 0 Å². The van der Waals surface area contributed by atoms with E-state index in [0.29, 0.717) is 46.5 Å². The summed E-state index contributed by atoms with van der Waals surface area (Å²) in [5.41, 5.74) is 1.95. The minimum Gasteiger partial charge on any atom is -0.493 e. The number of piperazine rings is 1. The number of rotatable bonds is 10. The van der Waals surface area contributed by atoms with E-state index in [1.807, 2.05) is 33.0 Å². The maximum Gasteiger partial charge on any atom is 0.236 e. The second-order valence-electron chi connectivity index (χ2n) is 9.70. The first-order valence-electron chi connectivity index (χ1n) is 12.8. The van der Waals surface area contributed by atoms with Crippen molar-refractivity contribution in [2.24, 2.45) is 0 Å². The van der Waals surface area contributed by atoms with Crippen molar-refractivity contribution in [1.29, 1.82) is 0 Å². The Morgan fingerprint density at radius 3 is 2.68 bits per heavy atom. The molecule has 1 N–H and O–H groups in total. The highest BCUT2D eigenvalue weighted by molar-refractivity contribution is 5.93. The van der Waals surface area contributed by atoms with Gasteiger partial charge < -0.3 is 19.7 Å². The van der Waals surface area contributed by atoms with E-state index in [4.69, 9.17) is 9.47 Å². The summed E-state index contributed by atoms with van der Waals surface area (Å²) < 4.78 is 26.3. The first-order valence-corrected chi connectivity index (χ1v) is 12.8. The molecule has 0 aliphatic carbocycles. The minimum absolute atomic E-state index is 0.0844. The van der Waals surface area contributed by atoms with Gasteiger partial charge in [0, 0.05) is 37.6 Å². The maximum atomic E-state index is 14.4. The average Bonchev–Trinajstić information content (AvgIpc) is 2.88. The largest absolute Gasteiger partial charge is 0.493 e. The van der Waals surface area contributed by atoms with Gasteiger partial charge in [0.25, 0.3) is 0 Å². The number of aryl methyl sites for hydroxylation is 1. The molecule has 1 aliphatic heterocycles. The topological polar surface area (TPSA) is 79.8 Å². The molecule has 1 fully saturated rings. The number of amides is 1. The monoisotopic (exact) mass is 509 g/mol. The summed E-state index contributed by atoms with van der Waals surface area (Å²) in [5.74, 6) is 1.45. The van der Waals surface area contributed by atoms with E-state index < -0.39 is 0 Å². The van der Waals surface area contributed by atoms with Crippen LogP contribution in [0.25, 0.3) is 10.9 Å². The Morgan fingerprint density at radius 1 is 1.14 bits per heavy atom. The standard InChI is InChI=1S/C28H36FN5O3/c1-6-20(34-12-11-33(4)27(35)16-34)9-8-19(3)37-26-14-21-23(15-25(26)36-5)30-17-31-28(21)32-24-13-18(2)7-10-22(24)29/h7,10,13-15,17,19-20H,6,8-9,11-12,16H2,1-5H3,(H,30,31,32)/t19-,20-/m1/s1. The number of hydrogen-bond donors (Lipinski definition) is 1. The number of nitrogens with one attached hydrogen (secondary N) is 1. The number of aromatic nitrogens is 2. The predicted molar refractivity (Wildman–Crippen MR) is 143 cm³/mol. The number of hydrogen-bond acceptors (Lipinski definition) is 7. The first-order chi connectivity index (χ1) is 17.8. The molecule has 1 aliphatic rings. The Labute approximate surface area is 217 Å². The Balaban J connectivity index is 1.50. The zero-order chi connectivity index (χ0) is 26.5. The molecule has 0 saturated carbocycles. The fourth-order valence-corrected chi connectivity index (χ4v) is 4.71. The van der Waals surface area contributed by atoms with Crippen LogP contribution in [0.5, 0.6) is 11.5 Å². The molecule has 37 heavy (non-hydrogen) atoms. The zero-order valence-corrected chi connectivity index (χ0v) is 22.3. The second-order valence-corrected chi connectivity index (χ2v) is 9.70. The van der Waals surface area contributed by atoms with Crippen molar-refractivity contribution in [3.05, 3.63) is 48.0 Å². The molecular weight excluding hydrogens is 473 g/mol. The van der Waals surface area contributed by atoms with Crippen molar-refractivity contribution in [1.82, 2.24) is 19.8 Å². The van der Waals surface area contributed by atoms with E-state index in [2.05, 4.69) is 27.1 Å². The van der Waals surface area contributed by atoms with Crippen LogP contribution in [0.2, 0.25) is 0 Å². The van der Waals surface area contributed by atoms with E-state index in [1.165, 1.54) is 12.4 Å². The molecule has 1 saturated heterocycles. The highest BCUT2D eigenvalue weighted by atomic mass is 19.1. The van der Waals surface area contributed by atoms with Gasteiger partial charge in [0.05, 0.1) is 31.0 Å². The van der Waals surface area contributed by atoms with Gasteiger partial charge in [-0.15, -0.1) is 0 Å². The molecule has 4 rings (SSSR count). The summed E-state index contributed by atoms with van der Waals surface area (Å²) in [4.78, 5) is 25.0. The maximum absolute atomic E-state index is 14.4. The summed E-state index contributed by atoms with van der Waals surface area (Å²) in [5, 5.41) is 3.81. The smallest absolute Gasteiger partial charge is 0.236 e. The van der Waals surface area contributed by atoms with E-state index in [9.17, 15) is 9.18 Å². The molecule has 3 aromatic rings. The molecule has 0 bridgehead atoms.